The summed E-state index contributed by atoms with van der Waals surface area (Å²) in [5, 5.41) is 2.78. The summed E-state index contributed by atoms with van der Waals surface area (Å²) in [5.41, 5.74) is 1.11. The Labute approximate surface area is 134 Å². The van der Waals surface area contributed by atoms with Gasteiger partial charge in [0.15, 0.2) is 18.2 Å². The molecule has 1 aromatic carbocycles. The minimum absolute atomic E-state index is 0.0448. The monoisotopic (exact) mass is 315 g/mol. The second-order valence-corrected chi connectivity index (χ2v) is 4.94. The molecule has 0 fully saturated rings. The van der Waals surface area contributed by atoms with Gasteiger partial charge < -0.3 is 14.8 Å². The third-order valence-electron chi connectivity index (χ3n) is 3.27. The molecule has 23 heavy (non-hydrogen) atoms. The number of ketones is 1. The SMILES string of the molecule is COc1ccc(NC(=O)C[n+]2cccc(C(C)=O)c2)c(OC)c1. The number of aromatic nitrogens is 1. The molecule has 0 radical (unpaired) electrons. The highest BCUT2D eigenvalue weighted by molar-refractivity contribution is 5.93. The molecular weight excluding hydrogens is 296 g/mol. The molecule has 0 aliphatic rings. The average Bonchev–Trinajstić information content (AvgIpc) is 2.55. The van der Waals surface area contributed by atoms with Crippen molar-refractivity contribution in [2.75, 3.05) is 19.5 Å². The third-order valence-corrected chi connectivity index (χ3v) is 3.27. The number of rotatable bonds is 6. The molecule has 1 N–H and O–H groups in total. The number of amides is 1. The van der Waals surface area contributed by atoms with Crippen LogP contribution in [0.25, 0.3) is 0 Å². The van der Waals surface area contributed by atoms with E-state index in [0.29, 0.717) is 22.7 Å². The minimum atomic E-state index is -0.223. The number of methoxy groups -OCH3 is 2. The molecule has 0 saturated carbocycles. The summed E-state index contributed by atoms with van der Waals surface area (Å²) in [4.78, 5) is 23.6. The first kappa shape index (κ1) is 16.5. The molecule has 0 aliphatic heterocycles. The highest BCUT2D eigenvalue weighted by Crippen LogP contribution is 2.28. The molecule has 1 aromatic heterocycles. The standard InChI is InChI=1S/C17H18N2O4/c1-12(20)13-5-4-8-19(10-13)11-17(21)18-15-7-6-14(22-2)9-16(15)23-3/h4-10H,11H2,1-3H3/p+1. The van der Waals surface area contributed by atoms with Crippen molar-refractivity contribution in [3.8, 4) is 11.5 Å². The fourth-order valence-corrected chi connectivity index (χ4v) is 2.09. The highest BCUT2D eigenvalue weighted by atomic mass is 16.5. The van der Waals surface area contributed by atoms with E-state index in [4.69, 9.17) is 9.47 Å². The molecule has 6 heteroatoms. The van der Waals surface area contributed by atoms with E-state index < -0.39 is 0 Å². The van der Waals surface area contributed by atoms with E-state index in [2.05, 4.69) is 5.32 Å². The maximum atomic E-state index is 12.2. The lowest BCUT2D eigenvalue weighted by atomic mass is 10.2. The van der Waals surface area contributed by atoms with Gasteiger partial charge in [-0.2, -0.15) is 4.57 Å². The molecule has 120 valence electrons. The zero-order chi connectivity index (χ0) is 16.8. The summed E-state index contributed by atoms with van der Waals surface area (Å²) < 4.78 is 12.0. The van der Waals surface area contributed by atoms with Gasteiger partial charge in [-0.25, -0.2) is 0 Å². The first-order chi connectivity index (χ1) is 11.0. The largest absolute Gasteiger partial charge is 0.497 e. The van der Waals surface area contributed by atoms with E-state index in [9.17, 15) is 9.59 Å². The molecule has 2 aromatic rings. The number of pyridine rings is 1. The van der Waals surface area contributed by atoms with E-state index in [-0.39, 0.29) is 18.2 Å². The molecule has 0 aliphatic carbocycles. The van der Waals surface area contributed by atoms with Crippen molar-refractivity contribution in [2.45, 2.75) is 13.5 Å². The van der Waals surface area contributed by atoms with E-state index in [1.807, 2.05) is 0 Å². The fourth-order valence-electron chi connectivity index (χ4n) is 2.09. The van der Waals surface area contributed by atoms with Gasteiger partial charge in [0.1, 0.15) is 11.5 Å². The predicted octanol–water partition coefficient (Wildman–Crippen LogP) is 1.83. The maximum Gasteiger partial charge on any atom is 0.290 e. The van der Waals surface area contributed by atoms with Gasteiger partial charge in [0.05, 0.1) is 25.5 Å². The van der Waals surface area contributed by atoms with Crippen molar-refractivity contribution in [3.63, 3.8) is 0 Å². The van der Waals surface area contributed by atoms with E-state index in [1.54, 1.807) is 54.4 Å². The van der Waals surface area contributed by atoms with Gasteiger partial charge in [-0.1, -0.05) is 0 Å². The zero-order valence-corrected chi connectivity index (χ0v) is 13.3. The van der Waals surface area contributed by atoms with Gasteiger partial charge in [-0.3, -0.25) is 9.59 Å². The summed E-state index contributed by atoms with van der Waals surface area (Å²) in [6.07, 6.45) is 3.38. The minimum Gasteiger partial charge on any atom is -0.497 e. The molecule has 0 bridgehead atoms. The van der Waals surface area contributed by atoms with Gasteiger partial charge in [0.2, 0.25) is 6.54 Å². The van der Waals surface area contributed by atoms with Gasteiger partial charge in [-0.05, 0) is 25.1 Å². The molecule has 0 saturated heterocycles. The lowest BCUT2D eigenvalue weighted by Crippen LogP contribution is -2.40. The van der Waals surface area contributed by atoms with Crippen molar-refractivity contribution >= 4 is 17.4 Å². The maximum absolute atomic E-state index is 12.2. The summed E-state index contributed by atoms with van der Waals surface area (Å²) in [7, 11) is 3.08. The summed E-state index contributed by atoms with van der Waals surface area (Å²) in [6, 6.07) is 8.59. The van der Waals surface area contributed by atoms with E-state index in [0.717, 1.165) is 0 Å². The molecule has 0 unspecified atom stereocenters. The predicted molar refractivity (Wildman–Crippen MR) is 84.8 cm³/mol. The number of nitrogens with one attached hydrogen (secondary N) is 1. The first-order valence-corrected chi connectivity index (χ1v) is 7.05. The second kappa shape index (κ2) is 7.40. The lowest BCUT2D eigenvalue weighted by Gasteiger charge is -2.10. The van der Waals surface area contributed by atoms with Crippen LogP contribution >= 0.6 is 0 Å². The van der Waals surface area contributed by atoms with Crippen LogP contribution in [0.3, 0.4) is 0 Å². The Bertz CT molecular complexity index is 728. The van der Waals surface area contributed by atoms with Crippen LogP contribution in [0.5, 0.6) is 11.5 Å². The van der Waals surface area contributed by atoms with Crippen LogP contribution in [0.15, 0.2) is 42.7 Å². The molecule has 1 heterocycles. The van der Waals surface area contributed by atoms with Gasteiger partial charge in [-0.15, -0.1) is 0 Å². The molecule has 6 nitrogen and oxygen atoms in total. The van der Waals surface area contributed by atoms with Gasteiger partial charge in [0, 0.05) is 12.1 Å². The summed E-state index contributed by atoms with van der Waals surface area (Å²) >= 11 is 0. The quantitative estimate of drug-likeness (QED) is 0.652. The van der Waals surface area contributed by atoms with Gasteiger partial charge in [0.25, 0.3) is 5.91 Å². The zero-order valence-electron chi connectivity index (χ0n) is 13.3. The van der Waals surface area contributed by atoms with Crippen molar-refractivity contribution in [1.29, 1.82) is 0 Å². The normalized spacial score (nSPS) is 10.0. The number of anilines is 1. The van der Waals surface area contributed by atoms with Crippen LogP contribution in [0.2, 0.25) is 0 Å². The van der Waals surface area contributed by atoms with Crippen molar-refractivity contribution < 1.29 is 23.6 Å². The Morgan fingerprint density at radius 3 is 2.61 bits per heavy atom. The Morgan fingerprint density at radius 2 is 1.96 bits per heavy atom. The van der Waals surface area contributed by atoms with Crippen LogP contribution in [-0.4, -0.2) is 25.9 Å². The van der Waals surface area contributed by atoms with Crippen LogP contribution in [0.1, 0.15) is 17.3 Å². The Hall–Kier alpha value is -2.89. The summed E-state index contributed by atoms with van der Waals surface area (Å²) in [5.74, 6) is 0.888. The number of ether oxygens (including phenoxy) is 2. The molecule has 0 atom stereocenters. The number of nitrogens with zero attached hydrogens (tertiary/aromatic N) is 1. The van der Waals surface area contributed by atoms with Crippen molar-refractivity contribution in [2.24, 2.45) is 0 Å². The molecular formula is C17H19N2O4+. The number of carbonyl (C=O) groups excluding carboxylic acids is 2. The lowest BCUT2D eigenvalue weighted by molar-refractivity contribution is -0.684. The number of benzene rings is 1. The topological polar surface area (TPSA) is 68.5 Å². The summed E-state index contributed by atoms with van der Waals surface area (Å²) in [6.45, 7) is 1.58. The number of Topliss-reactive ketones (excluding diaryl/α,β-unsaturated/α-hetero) is 1. The Morgan fingerprint density at radius 1 is 1.17 bits per heavy atom. The van der Waals surface area contributed by atoms with Crippen LogP contribution in [0, 0.1) is 0 Å². The highest BCUT2D eigenvalue weighted by Gasteiger charge is 2.14. The van der Waals surface area contributed by atoms with E-state index in [1.165, 1.54) is 14.0 Å². The van der Waals surface area contributed by atoms with Crippen LogP contribution < -0.4 is 19.4 Å². The average molecular weight is 315 g/mol. The third kappa shape index (κ3) is 4.29. The Kier molecular flexibility index (Phi) is 5.30. The first-order valence-electron chi connectivity index (χ1n) is 7.05. The number of hydrogen-bond donors (Lipinski definition) is 1. The van der Waals surface area contributed by atoms with Crippen LogP contribution in [-0.2, 0) is 11.3 Å². The fraction of sp³-hybridized carbons (Fsp3) is 0.235. The Balaban J connectivity index is 2.10. The van der Waals surface area contributed by atoms with E-state index >= 15 is 0 Å². The molecule has 1 amide bonds. The second-order valence-electron chi connectivity index (χ2n) is 4.94. The van der Waals surface area contributed by atoms with Crippen molar-refractivity contribution in [3.05, 3.63) is 48.3 Å². The van der Waals surface area contributed by atoms with Crippen molar-refractivity contribution in [1.82, 2.24) is 0 Å². The smallest absolute Gasteiger partial charge is 0.290 e. The molecule has 0 spiro atoms. The number of hydrogen-bond acceptors (Lipinski definition) is 4. The van der Waals surface area contributed by atoms with Gasteiger partial charge >= 0.3 is 0 Å². The number of carbonyl (C=O) groups is 2. The molecule has 2 rings (SSSR count). The van der Waals surface area contributed by atoms with Crippen LogP contribution in [0.4, 0.5) is 5.69 Å².